The van der Waals surface area contributed by atoms with E-state index in [4.69, 9.17) is 5.11 Å². The van der Waals surface area contributed by atoms with Crippen LogP contribution in [0.15, 0.2) is 0 Å². The lowest BCUT2D eigenvalue weighted by atomic mass is 9.98. The van der Waals surface area contributed by atoms with Gasteiger partial charge in [0.05, 0.1) is 5.60 Å². The van der Waals surface area contributed by atoms with Crippen molar-refractivity contribution >= 4 is 5.97 Å². The first-order chi connectivity index (χ1) is 5.25. The topological polar surface area (TPSA) is 69.6 Å². The van der Waals surface area contributed by atoms with Crippen LogP contribution in [0.2, 0.25) is 0 Å². The van der Waals surface area contributed by atoms with E-state index in [9.17, 15) is 9.90 Å². The molecule has 0 fully saturated rings. The first-order valence-corrected chi connectivity index (χ1v) is 3.96. The number of carboxylic acid groups (broad SMARTS) is 1. The highest BCUT2D eigenvalue weighted by Crippen LogP contribution is 2.09. The molecule has 0 aliphatic heterocycles. The van der Waals surface area contributed by atoms with Gasteiger partial charge in [-0.1, -0.05) is 13.8 Å². The summed E-state index contributed by atoms with van der Waals surface area (Å²) in [6.45, 7) is 6.62. The van der Waals surface area contributed by atoms with E-state index in [1.807, 2.05) is 13.8 Å². The number of rotatable bonds is 4. The Balaban J connectivity index is 4.35. The average Bonchev–Trinajstić information content (AvgIpc) is 1.79. The molecule has 0 aromatic rings. The number of carboxylic acids is 1. The van der Waals surface area contributed by atoms with Crippen molar-refractivity contribution in [1.82, 2.24) is 5.32 Å². The maximum Gasteiger partial charge on any atom is 0.323 e. The predicted molar refractivity (Wildman–Crippen MR) is 46.0 cm³/mol. The van der Waals surface area contributed by atoms with Crippen LogP contribution in [-0.2, 0) is 4.79 Å². The second-order valence-corrected chi connectivity index (χ2v) is 3.75. The van der Waals surface area contributed by atoms with E-state index in [-0.39, 0.29) is 6.04 Å². The second-order valence-electron chi connectivity index (χ2n) is 3.75. The number of aliphatic hydroxyl groups is 1. The Morgan fingerprint density at radius 1 is 1.42 bits per heavy atom. The number of hydrogen-bond acceptors (Lipinski definition) is 3. The summed E-state index contributed by atoms with van der Waals surface area (Å²) in [4.78, 5) is 10.7. The van der Waals surface area contributed by atoms with E-state index < -0.39 is 17.6 Å². The summed E-state index contributed by atoms with van der Waals surface area (Å²) in [7, 11) is 0. The lowest BCUT2D eigenvalue weighted by Gasteiger charge is -2.28. The molecule has 4 heteroatoms. The van der Waals surface area contributed by atoms with Crippen molar-refractivity contribution in [3.05, 3.63) is 0 Å². The molecule has 0 saturated carbocycles. The Labute approximate surface area is 72.6 Å². The fourth-order valence-corrected chi connectivity index (χ4v) is 0.911. The molecule has 0 heterocycles. The minimum atomic E-state index is -1.24. The minimum absolute atomic E-state index is 0.0394. The van der Waals surface area contributed by atoms with Crippen LogP contribution in [0.1, 0.15) is 27.7 Å². The molecular formula is C8H17NO3. The maximum absolute atomic E-state index is 10.7. The fraction of sp³-hybridized carbons (Fsp3) is 0.875. The third-order valence-electron chi connectivity index (χ3n) is 1.45. The van der Waals surface area contributed by atoms with Gasteiger partial charge in [0, 0.05) is 6.04 Å². The van der Waals surface area contributed by atoms with Crippen LogP contribution in [0.25, 0.3) is 0 Å². The fourth-order valence-electron chi connectivity index (χ4n) is 0.911. The van der Waals surface area contributed by atoms with Crippen LogP contribution >= 0.6 is 0 Å². The highest BCUT2D eigenvalue weighted by molar-refractivity contribution is 5.75. The van der Waals surface area contributed by atoms with E-state index in [0.29, 0.717) is 0 Å². The van der Waals surface area contributed by atoms with Gasteiger partial charge in [0.1, 0.15) is 6.04 Å². The molecular weight excluding hydrogens is 158 g/mol. The lowest BCUT2D eigenvalue weighted by molar-refractivity contribution is -0.145. The average molecular weight is 175 g/mol. The van der Waals surface area contributed by atoms with Crippen LogP contribution in [0.4, 0.5) is 0 Å². The third kappa shape index (κ3) is 3.69. The number of carbonyl (C=O) groups is 1. The van der Waals surface area contributed by atoms with Crippen molar-refractivity contribution in [2.24, 2.45) is 0 Å². The van der Waals surface area contributed by atoms with Gasteiger partial charge in [-0.15, -0.1) is 0 Å². The molecule has 12 heavy (non-hydrogen) atoms. The summed E-state index contributed by atoms with van der Waals surface area (Å²) in [5.74, 6) is -1.03. The molecule has 0 rings (SSSR count). The minimum Gasteiger partial charge on any atom is -0.480 e. The molecule has 0 aliphatic rings. The summed E-state index contributed by atoms with van der Waals surface area (Å²) in [6.07, 6.45) is 0. The molecule has 0 aromatic carbocycles. The summed E-state index contributed by atoms with van der Waals surface area (Å²) < 4.78 is 0. The zero-order chi connectivity index (χ0) is 9.94. The molecule has 4 nitrogen and oxygen atoms in total. The summed E-state index contributed by atoms with van der Waals surface area (Å²) in [5.41, 5.74) is -1.24. The van der Waals surface area contributed by atoms with E-state index in [2.05, 4.69) is 5.32 Å². The van der Waals surface area contributed by atoms with Crippen LogP contribution < -0.4 is 5.32 Å². The Morgan fingerprint density at radius 3 is 1.92 bits per heavy atom. The maximum atomic E-state index is 10.7. The molecule has 1 unspecified atom stereocenters. The monoisotopic (exact) mass is 175 g/mol. The molecule has 72 valence electrons. The van der Waals surface area contributed by atoms with Crippen molar-refractivity contribution in [3.63, 3.8) is 0 Å². The molecule has 0 aliphatic carbocycles. The normalized spacial score (nSPS) is 14.8. The molecule has 0 radical (unpaired) electrons. The summed E-state index contributed by atoms with van der Waals surface area (Å²) in [6, 6.07) is -0.880. The van der Waals surface area contributed by atoms with Crippen LogP contribution in [0.3, 0.4) is 0 Å². The van der Waals surface area contributed by atoms with Gasteiger partial charge < -0.3 is 10.2 Å². The van der Waals surface area contributed by atoms with Gasteiger partial charge in [-0.2, -0.15) is 0 Å². The van der Waals surface area contributed by atoms with Crippen molar-refractivity contribution < 1.29 is 15.0 Å². The van der Waals surface area contributed by atoms with Crippen molar-refractivity contribution in [2.75, 3.05) is 0 Å². The quantitative estimate of drug-likeness (QED) is 0.571. The third-order valence-corrected chi connectivity index (χ3v) is 1.45. The molecule has 0 amide bonds. The number of hydrogen-bond donors (Lipinski definition) is 3. The highest BCUT2D eigenvalue weighted by Gasteiger charge is 2.33. The Morgan fingerprint density at radius 2 is 1.83 bits per heavy atom. The van der Waals surface area contributed by atoms with Gasteiger partial charge in [0.25, 0.3) is 0 Å². The Hall–Kier alpha value is -0.610. The lowest BCUT2D eigenvalue weighted by Crippen LogP contribution is -2.54. The zero-order valence-corrected chi connectivity index (χ0v) is 7.96. The van der Waals surface area contributed by atoms with E-state index in [0.717, 1.165) is 0 Å². The van der Waals surface area contributed by atoms with Gasteiger partial charge >= 0.3 is 5.97 Å². The van der Waals surface area contributed by atoms with Gasteiger partial charge in [-0.3, -0.25) is 10.1 Å². The van der Waals surface area contributed by atoms with Gasteiger partial charge in [0.2, 0.25) is 0 Å². The molecule has 0 aromatic heterocycles. The standard InChI is InChI=1S/C8H17NO3/c1-5(2)9-6(7(10)11)8(3,4)12/h5-6,9,12H,1-4H3,(H,10,11). The Kier molecular flexibility index (Phi) is 3.67. The number of nitrogens with one attached hydrogen (secondary N) is 1. The molecule has 0 saturated heterocycles. The van der Waals surface area contributed by atoms with E-state index >= 15 is 0 Å². The van der Waals surface area contributed by atoms with Crippen LogP contribution in [0.5, 0.6) is 0 Å². The smallest absolute Gasteiger partial charge is 0.323 e. The summed E-state index contributed by atoms with van der Waals surface area (Å²) in [5, 5.41) is 21.0. The number of aliphatic carboxylic acids is 1. The predicted octanol–water partition coefficient (Wildman–Crippen LogP) is 0.208. The van der Waals surface area contributed by atoms with E-state index in [1.165, 1.54) is 13.8 Å². The van der Waals surface area contributed by atoms with Crippen molar-refractivity contribution in [2.45, 2.75) is 45.4 Å². The second kappa shape index (κ2) is 3.87. The highest BCUT2D eigenvalue weighted by atomic mass is 16.4. The Bertz CT molecular complexity index is 160. The van der Waals surface area contributed by atoms with Gasteiger partial charge in [-0.05, 0) is 13.8 Å². The first kappa shape index (κ1) is 11.4. The molecule has 0 bridgehead atoms. The van der Waals surface area contributed by atoms with Gasteiger partial charge in [-0.25, -0.2) is 0 Å². The SMILES string of the molecule is CC(C)NC(C(=O)O)C(C)(C)O. The largest absolute Gasteiger partial charge is 0.480 e. The van der Waals surface area contributed by atoms with Gasteiger partial charge in [0.15, 0.2) is 0 Å². The summed E-state index contributed by atoms with van der Waals surface area (Å²) >= 11 is 0. The van der Waals surface area contributed by atoms with Crippen LogP contribution in [-0.4, -0.2) is 33.9 Å². The first-order valence-electron chi connectivity index (χ1n) is 3.96. The van der Waals surface area contributed by atoms with Crippen molar-refractivity contribution in [3.8, 4) is 0 Å². The molecule has 0 spiro atoms. The zero-order valence-electron chi connectivity index (χ0n) is 7.96. The molecule has 3 N–H and O–H groups in total. The van der Waals surface area contributed by atoms with Crippen LogP contribution in [0, 0.1) is 0 Å². The van der Waals surface area contributed by atoms with Crippen molar-refractivity contribution in [1.29, 1.82) is 0 Å². The van der Waals surface area contributed by atoms with E-state index in [1.54, 1.807) is 0 Å². The molecule has 1 atom stereocenters.